The lowest BCUT2D eigenvalue weighted by atomic mass is 10.1. The number of fused-ring (bicyclic) bond motifs is 2. The summed E-state index contributed by atoms with van der Waals surface area (Å²) in [5, 5.41) is 0. The molecule has 2 aromatic carbocycles. The fourth-order valence-electron chi connectivity index (χ4n) is 5.03. The molecule has 2 aromatic rings. The normalized spacial score (nSPS) is 14.9. The predicted octanol–water partition coefficient (Wildman–Crippen LogP) is 3.96. The van der Waals surface area contributed by atoms with E-state index in [9.17, 15) is 19.2 Å². The van der Waals surface area contributed by atoms with Crippen LogP contribution >= 0.6 is 0 Å². The number of rotatable bonds is 17. The number of carbonyl (C=O) groups excluding carboxylic acids is 4. The average molecular weight is 580 g/mol. The topological polar surface area (TPSA) is 96.5 Å². The predicted molar refractivity (Wildman–Crippen MR) is 159 cm³/mol. The van der Waals surface area contributed by atoms with Crippen molar-refractivity contribution in [1.82, 2.24) is 14.7 Å². The molecule has 0 aromatic heterocycles. The lowest BCUT2D eigenvalue weighted by Gasteiger charge is -2.24. The third kappa shape index (κ3) is 7.97. The second kappa shape index (κ2) is 14.1. The van der Waals surface area contributed by atoms with Crippen LogP contribution in [0.2, 0.25) is 19.6 Å². The van der Waals surface area contributed by atoms with Crippen molar-refractivity contribution < 1.29 is 28.7 Å². The Bertz CT molecular complexity index is 1100. The van der Waals surface area contributed by atoms with Gasteiger partial charge in [0.05, 0.1) is 56.7 Å². The third-order valence-corrected chi connectivity index (χ3v) is 8.28. The molecule has 0 aliphatic carbocycles. The van der Waals surface area contributed by atoms with Gasteiger partial charge in [0.15, 0.2) is 0 Å². The van der Waals surface area contributed by atoms with E-state index in [0.29, 0.717) is 48.6 Å². The largest absolute Gasteiger partial charge is 0.383 e. The summed E-state index contributed by atoms with van der Waals surface area (Å²) in [5.74, 6) is -0.941. The number of benzene rings is 2. The zero-order valence-electron chi connectivity index (χ0n) is 24.4. The smallest absolute Gasteiger partial charge is 0.261 e. The van der Waals surface area contributed by atoms with Gasteiger partial charge in [0.1, 0.15) is 0 Å². The van der Waals surface area contributed by atoms with Crippen LogP contribution in [0.5, 0.6) is 0 Å². The molecule has 0 N–H and O–H groups in total. The average Bonchev–Trinajstić information content (AvgIpc) is 3.34. The summed E-state index contributed by atoms with van der Waals surface area (Å²) >= 11 is 0. The van der Waals surface area contributed by atoms with Gasteiger partial charge in [-0.2, -0.15) is 0 Å². The molecule has 9 nitrogen and oxygen atoms in total. The van der Waals surface area contributed by atoms with Crippen LogP contribution < -0.4 is 0 Å². The van der Waals surface area contributed by atoms with E-state index in [4.69, 9.17) is 9.47 Å². The molecule has 0 saturated carbocycles. The molecule has 4 rings (SSSR count). The van der Waals surface area contributed by atoms with E-state index >= 15 is 0 Å². The van der Waals surface area contributed by atoms with Gasteiger partial charge < -0.3 is 9.47 Å². The Labute approximate surface area is 243 Å². The monoisotopic (exact) mass is 579 g/mol. The zero-order chi connectivity index (χ0) is 29.4. The zero-order valence-corrected chi connectivity index (χ0v) is 25.4. The highest BCUT2D eigenvalue weighted by Gasteiger charge is 2.35. The minimum absolute atomic E-state index is 0.204. The van der Waals surface area contributed by atoms with Crippen molar-refractivity contribution >= 4 is 31.7 Å². The minimum Gasteiger partial charge on any atom is -0.383 e. The van der Waals surface area contributed by atoms with Gasteiger partial charge in [-0.05, 0) is 43.7 Å². The SMILES string of the molecule is C[Si](C)(C)COCCN(CCCCCN1C(=O)c2ccccc2C1=O)CCOCCN1C(=O)c2ccccc2C1=O. The number of carbonyl (C=O) groups is 4. The van der Waals surface area contributed by atoms with Crippen molar-refractivity contribution in [3.05, 3.63) is 70.8 Å². The maximum atomic E-state index is 12.6. The highest BCUT2D eigenvalue weighted by Crippen LogP contribution is 2.23. The lowest BCUT2D eigenvalue weighted by Crippen LogP contribution is -2.36. The molecule has 4 amide bonds. The van der Waals surface area contributed by atoms with E-state index in [2.05, 4.69) is 24.5 Å². The standard InChI is InChI=1S/C31H41N3O6Si/c1-41(2,3)23-40-21-18-32(15-9-4-10-16-33-28(35)24-11-5-6-12-25(24)29(33)36)17-20-39-22-19-34-30(37)26-13-7-8-14-27(26)31(34)38/h5-8,11-14H,4,9-10,15-23H2,1-3H3. The van der Waals surface area contributed by atoms with Gasteiger partial charge in [-0.3, -0.25) is 33.9 Å². The van der Waals surface area contributed by atoms with E-state index in [-0.39, 0.29) is 36.8 Å². The van der Waals surface area contributed by atoms with Crippen LogP contribution in [-0.2, 0) is 9.47 Å². The number of hydrogen-bond acceptors (Lipinski definition) is 7. The number of hydrogen-bond donors (Lipinski definition) is 0. The quantitative estimate of drug-likeness (QED) is 0.159. The number of unbranched alkanes of at least 4 members (excludes halogenated alkanes) is 2. The third-order valence-electron chi connectivity index (χ3n) is 7.21. The highest BCUT2D eigenvalue weighted by atomic mass is 28.3. The number of amides is 4. The molecule has 0 bridgehead atoms. The number of imide groups is 2. The first-order valence-corrected chi connectivity index (χ1v) is 18.2. The van der Waals surface area contributed by atoms with Crippen molar-refractivity contribution in [3.8, 4) is 0 Å². The Morgan fingerprint density at radius 2 is 1.05 bits per heavy atom. The molecule has 0 radical (unpaired) electrons. The van der Waals surface area contributed by atoms with Crippen LogP contribution in [0.4, 0.5) is 0 Å². The summed E-state index contributed by atoms with van der Waals surface area (Å²) in [7, 11) is -1.28. The summed E-state index contributed by atoms with van der Waals surface area (Å²) in [6, 6.07) is 13.9. The summed E-state index contributed by atoms with van der Waals surface area (Å²) < 4.78 is 11.8. The Morgan fingerprint density at radius 1 is 0.585 bits per heavy atom. The van der Waals surface area contributed by atoms with Crippen molar-refractivity contribution in [3.63, 3.8) is 0 Å². The fraction of sp³-hybridized carbons (Fsp3) is 0.484. The Morgan fingerprint density at radius 3 is 1.54 bits per heavy atom. The van der Waals surface area contributed by atoms with Gasteiger partial charge in [-0.25, -0.2) is 0 Å². The molecule has 10 heteroatoms. The Kier molecular flexibility index (Phi) is 10.6. The van der Waals surface area contributed by atoms with Crippen LogP contribution in [0.1, 0.15) is 60.7 Å². The van der Waals surface area contributed by atoms with E-state index in [0.717, 1.165) is 38.6 Å². The van der Waals surface area contributed by atoms with Crippen molar-refractivity contribution in [2.24, 2.45) is 0 Å². The summed E-state index contributed by atoms with van der Waals surface area (Å²) in [5.41, 5.74) is 1.88. The van der Waals surface area contributed by atoms with Crippen LogP contribution in [-0.4, -0.2) is 105 Å². The molecule has 0 unspecified atom stereocenters. The molecule has 2 aliphatic heterocycles. The maximum Gasteiger partial charge on any atom is 0.261 e. The Hall–Kier alpha value is -3.18. The van der Waals surface area contributed by atoms with Gasteiger partial charge >= 0.3 is 0 Å². The van der Waals surface area contributed by atoms with Gasteiger partial charge in [-0.1, -0.05) is 50.3 Å². The molecule has 220 valence electrons. The van der Waals surface area contributed by atoms with Crippen LogP contribution in [0.25, 0.3) is 0 Å². The first-order chi connectivity index (χ1) is 19.7. The summed E-state index contributed by atoms with van der Waals surface area (Å²) in [4.78, 5) is 55.1. The van der Waals surface area contributed by atoms with E-state index in [1.807, 2.05) is 0 Å². The molecule has 2 heterocycles. The lowest BCUT2D eigenvalue weighted by molar-refractivity contribution is 0.0513. The maximum absolute atomic E-state index is 12.6. The molecular weight excluding hydrogens is 538 g/mol. The highest BCUT2D eigenvalue weighted by molar-refractivity contribution is 6.76. The van der Waals surface area contributed by atoms with E-state index in [1.165, 1.54) is 9.80 Å². The van der Waals surface area contributed by atoms with E-state index < -0.39 is 8.07 Å². The van der Waals surface area contributed by atoms with Crippen LogP contribution in [0, 0.1) is 0 Å². The molecule has 2 aliphatic rings. The molecule has 41 heavy (non-hydrogen) atoms. The summed E-state index contributed by atoms with van der Waals surface area (Å²) in [6.07, 6.45) is 3.38. The number of ether oxygens (including phenoxy) is 2. The second-order valence-electron chi connectivity index (χ2n) is 11.7. The van der Waals surface area contributed by atoms with Crippen LogP contribution in [0.3, 0.4) is 0 Å². The van der Waals surface area contributed by atoms with Gasteiger partial charge in [-0.15, -0.1) is 0 Å². The van der Waals surface area contributed by atoms with Gasteiger partial charge in [0, 0.05) is 25.9 Å². The number of nitrogens with zero attached hydrogens (tertiary/aromatic N) is 3. The van der Waals surface area contributed by atoms with Crippen molar-refractivity contribution in [2.75, 3.05) is 58.8 Å². The van der Waals surface area contributed by atoms with Crippen LogP contribution in [0.15, 0.2) is 48.5 Å². The molecule has 0 spiro atoms. The van der Waals surface area contributed by atoms with Gasteiger partial charge in [0.25, 0.3) is 23.6 Å². The molecule has 0 saturated heterocycles. The van der Waals surface area contributed by atoms with E-state index in [1.54, 1.807) is 48.5 Å². The van der Waals surface area contributed by atoms with Gasteiger partial charge in [0.2, 0.25) is 0 Å². The summed E-state index contributed by atoms with van der Waals surface area (Å²) in [6.45, 7) is 11.2. The fourth-order valence-corrected chi connectivity index (χ4v) is 5.78. The molecular formula is C31H41N3O6Si. The van der Waals surface area contributed by atoms with Crippen molar-refractivity contribution in [2.45, 2.75) is 38.9 Å². The minimum atomic E-state index is -1.28. The van der Waals surface area contributed by atoms with Crippen molar-refractivity contribution in [1.29, 1.82) is 0 Å². The first kappa shape index (κ1) is 30.8. The molecule has 0 fully saturated rings. The Balaban J connectivity index is 1.17. The first-order valence-electron chi connectivity index (χ1n) is 14.5. The molecule has 0 atom stereocenters. The second-order valence-corrected chi connectivity index (χ2v) is 17.2.